The molecular formula is C21H33NO3. The first-order chi connectivity index (χ1) is 11.9. The van der Waals surface area contributed by atoms with Crippen LogP contribution in [0.4, 0.5) is 0 Å². The van der Waals surface area contributed by atoms with Crippen molar-refractivity contribution in [3.05, 3.63) is 29.8 Å². The summed E-state index contributed by atoms with van der Waals surface area (Å²) in [5.74, 6) is 0.839. The average molecular weight is 347 g/mol. The van der Waals surface area contributed by atoms with Crippen molar-refractivity contribution in [2.75, 3.05) is 32.9 Å². The number of benzene rings is 1. The third kappa shape index (κ3) is 4.96. The Kier molecular flexibility index (Phi) is 5.71. The summed E-state index contributed by atoms with van der Waals surface area (Å²) in [6.45, 7) is 9.58. The lowest BCUT2D eigenvalue weighted by atomic mass is 9.75. The van der Waals surface area contributed by atoms with Gasteiger partial charge in [-0.05, 0) is 49.7 Å². The molecule has 1 saturated carbocycles. The Morgan fingerprint density at radius 1 is 1.24 bits per heavy atom. The van der Waals surface area contributed by atoms with Crippen molar-refractivity contribution < 1.29 is 14.6 Å². The van der Waals surface area contributed by atoms with Gasteiger partial charge in [-0.15, -0.1) is 0 Å². The average Bonchev–Trinajstić information content (AvgIpc) is 2.76. The highest BCUT2D eigenvalue weighted by Crippen LogP contribution is 2.37. The van der Waals surface area contributed by atoms with Crippen molar-refractivity contribution in [2.24, 2.45) is 5.41 Å². The normalized spacial score (nSPS) is 28.5. The van der Waals surface area contributed by atoms with Crippen LogP contribution in [-0.2, 0) is 4.74 Å². The smallest absolute Gasteiger partial charge is 0.134 e. The number of β-amino-alcohol motifs (C(OH)–C–C–N with tert-alkyl or cyclic N) is 1. The number of hydrogen-bond acceptors (Lipinski definition) is 4. The van der Waals surface area contributed by atoms with Crippen molar-refractivity contribution in [1.29, 1.82) is 0 Å². The maximum Gasteiger partial charge on any atom is 0.134 e. The first-order valence-corrected chi connectivity index (χ1v) is 9.60. The van der Waals surface area contributed by atoms with Crippen molar-refractivity contribution in [3.63, 3.8) is 0 Å². The lowest BCUT2D eigenvalue weighted by molar-refractivity contribution is -0.0692. The molecule has 140 valence electrons. The van der Waals surface area contributed by atoms with Crippen LogP contribution in [0.15, 0.2) is 24.3 Å². The van der Waals surface area contributed by atoms with Gasteiger partial charge in [-0.3, -0.25) is 4.90 Å². The number of ether oxygens (including phenoxy) is 2. The van der Waals surface area contributed by atoms with E-state index in [1.807, 2.05) is 31.2 Å². The predicted molar refractivity (Wildman–Crippen MR) is 100 cm³/mol. The summed E-state index contributed by atoms with van der Waals surface area (Å²) in [6.07, 6.45) is 4.93. The summed E-state index contributed by atoms with van der Waals surface area (Å²) in [7, 11) is 0. The molecule has 2 aliphatic rings. The molecule has 1 aliphatic heterocycles. The zero-order valence-electron chi connectivity index (χ0n) is 16.0. The fourth-order valence-electron chi connectivity index (χ4n) is 4.03. The molecule has 0 radical (unpaired) electrons. The summed E-state index contributed by atoms with van der Waals surface area (Å²) in [4.78, 5) is 2.43. The van der Waals surface area contributed by atoms with Gasteiger partial charge in [0.25, 0.3) is 0 Å². The van der Waals surface area contributed by atoms with Crippen LogP contribution < -0.4 is 4.74 Å². The number of hydrogen-bond donors (Lipinski definition) is 1. The Morgan fingerprint density at radius 2 is 1.96 bits per heavy atom. The van der Waals surface area contributed by atoms with Crippen LogP contribution in [0.5, 0.6) is 5.75 Å². The molecule has 0 aromatic heterocycles. The van der Waals surface area contributed by atoms with E-state index in [1.54, 1.807) is 0 Å². The third-order valence-corrected chi connectivity index (χ3v) is 5.81. The highest BCUT2D eigenvalue weighted by molar-refractivity contribution is 5.31. The van der Waals surface area contributed by atoms with Gasteiger partial charge in [0.15, 0.2) is 0 Å². The highest BCUT2D eigenvalue weighted by Gasteiger charge is 2.38. The monoisotopic (exact) mass is 347 g/mol. The van der Waals surface area contributed by atoms with Gasteiger partial charge in [-0.1, -0.05) is 32.0 Å². The molecule has 1 aliphatic carbocycles. The van der Waals surface area contributed by atoms with Crippen molar-refractivity contribution in [2.45, 2.75) is 58.1 Å². The van der Waals surface area contributed by atoms with Crippen LogP contribution >= 0.6 is 0 Å². The third-order valence-electron chi connectivity index (χ3n) is 5.81. The number of aliphatic hydroxyl groups is 1. The first kappa shape index (κ1) is 18.7. The molecule has 0 bridgehead atoms. The van der Waals surface area contributed by atoms with E-state index in [9.17, 15) is 5.11 Å². The van der Waals surface area contributed by atoms with Crippen LogP contribution in [0.25, 0.3) is 0 Å². The molecule has 4 heteroatoms. The fraction of sp³-hybridized carbons (Fsp3) is 0.714. The first-order valence-electron chi connectivity index (χ1n) is 9.60. The minimum absolute atomic E-state index is 0.270. The molecule has 25 heavy (non-hydrogen) atoms. The lowest BCUT2D eigenvalue weighted by Gasteiger charge is -2.41. The molecule has 0 unspecified atom stereocenters. The molecule has 2 fully saturated rings. The predicted octanol–water partition coefficient (Wildman–Crippen LogP) is 3.41. The van der Waals surface area contributed by atoms with Crippen LogP contribution in [-0.4, -0.2) is 54.6 Å². The molecule has 4 nitrogen and oxygen atoms in total. The number of nitrogens with zero attached hydrogens (tertiary/aromatic N) is 1. The standard InChI is InChI=1S/C21H33NO3/c1-17-6-4-5-7-19(17)25-16-21(23)14-22(12-13-24-15-21)18-8-10-20(2,3)11-9-18/h4-7,18,23H,8-16H2,1-3H3/t21-/m1/s1. The summed E-state index contributed by atoms with van der Waals surface area (Å²) in [6, 6.07) is 8.50. The Hall–Kier alpha value is -1.10. The van der Waals surface area contributed by atoms with Gasteiger partial charge in [0, 0.05) is 19.1 Å². The van der Waals surface area contributed by atoms with E-state index in [0.29, 0.717) is 31.2 Å². The summed E-state index contributed by atoms with van der Waals surface area (Å²) in [5.41, 5.74) is 0.599. The highest BCUT2D eigenvalue weighted by atomic mass is 16.5. The molecule has 1 atom stereocenters. The van der Waals surface area contributed by atoms with Gasteiger partial charge >= 0.3 is 0 Å². The minimum Gasteiger partial charge on any atom is -0.490 e. The lowest BCUT2D eigenvalue weighted by Crippen LogP contribution is -2.52. The van der Waals surface area contributed by atoms with Crippen LogP contribution in [0.1, 0.15) is 45.1 Å². The van der Waals surface area contributed by atoms with Gasteiger partial charge in [-0.2, -0.15) is 0 Å². The van der Waals surface area contributed by atoms with E-state index in [-0.39, 0.29) is 6.61 Å². The summed E-state index contributed by atoms with van der Waals surface area (Å²) < 4.78 is 11.7. The maximum atomic E-state index is 11.1. The minimum atomic E-state index is -0.953. The Morgan fingerprint density at radius 3 is 2.68 bits per heavy atom. The molecule has 1 aromatic rings. The van der Waals surface area contributed by atoms with Gasteiger partial charge in [-0.25, -0.2) is 0 Å². The van der Waals surface area contributed by atoms with Crippen molar-refractivity contribution in [1.82, 2.24) is 4.90 Å². The second-order valence-corrected chi connectivity index (χ2v) is 8.70. The van der Waals surface area contributed by atoms with Gasteiger partial charge in [0.1, 0.15) is 18.0 Å². The molecule has 0 spiro atoms. The van der Waals surface area contributed by atoms with E-state index in [4.69, 9.17) is 9.47 Å². The van der Waals surface area contributed by atoms with Crippen LogP contribution in [0.3, 0.4) is 0 Å². The molecule has 0 amide bonds. The Labute approximate surface area is 152 Å². The Balaban J connectivity index is 1.61. The van der Waals surface area contributed by atoms with E-state index in [0.717, 1.165) is 17.9 Å². The second-order valence-electron chi connectivity index (χ2n) is 8.70. The second kappa shape index (κ2) is 7.65. The molecule has 1 N–H and O–H groups in total. The number of rotatable bonds is 4. The molecule has 1 heterocycles. The van der Waals surface area contributed by atoms with Crippen LogP contribution in [0, 0.1) is 12.3 Å². The topological polar surface area (TPSA) is 41.9 Å². The number of aryl methyl sites for hydroxylation is 1. The van der Waals surface area contributed by atoms with Gasteiger partial charge < -0.3 is 14.6 Å². The molecule has 1 aromatic carbocycles. The zero-order chi connectivity index (χ0) is 17.9. The molecular weight excluding hydrogens is 314 g/mol. The van der Waals surface area contributed by atoms with E-state index in [2.05, 4.69) is 18.7 Å². The Bertz CT molecular complexity index is 564. The van der Waals surface area contributed by atoms with Gasteiger partial charge in [0.05, 0.1) is 13.2 Å². The van der Waals surface area contributed by atoms with Gasteiger partial charge in [0.2, 0.25) is 0 Å². The van der Waals surface area contributed by atoms with Crippen molar-refractivity contribution >= 4 is 0 Å². The summed E-state index contributed by atoms with van der Waals surface area (Å²) in [5, 5.41) is 11.1. The van der Waals surface area contributed by atoms with E-state index < -0.39 is 5.60 Å². The quantitative estimate of drug-likeness (QED) is 0.906. The van der Waals surface area contributed by atoms with E-state index in [1.165, 1.54) is 25.7 Å². The fourth-order valence-corrected chi connectivity index (χ4v) is 4.03. The van der Waals surface area contributed by atoms with Crippen molar-refractivity contribution in [3.8, 4) is 5.75 Å². The van der Waals surface area contributed by atoms with E-state index >= 15 is 0 Å². The number of para-hydroxylation sites is 1. The zero-order valence-corrected chi connectivity index (χ0v) is 16.0. The molecule has 1 saturated heterocycles. The van der Waals surface area contributed by atoms with Crippen LogP contribution in [0.2, 0.25) is 0 Å². The maximum absolute atomic E-state index is 11.1. The SMILES string of the molecule is Cc1ccccc1OC[C@]1(O)COCCN(C2CCC(C)(C)CC2)C1. The summed E-state index contributed by atoms with van der Waals surface area (Å²) >= 11 is 0. The molecule has 3 rings (SSSR count). The largest absolute Gasteiger partial charge is 0.490 e.